The zero-order chi connectivity index (χ0) is 49.3. The summed E-state index contributed by atoms with van der Waals surface area (Å²) in [6.45, 7) is 6.30. The average molecular weight is 946 g/mol. The summed E-state index contributed by atoms with van der Waals surface area (Å²) in [4.78, 5) is 38.1. The van der Waals surface area contributed by atoms with Crippen LogP contribution < -0.4 is 0 Å². The number of carbonyl (C=O) groups excluding carboxylic acids is 3. The lowest BCUT2D eigenvalue weighted by Crippen LogP contribution is -2.30. The molecule has 68 heavy (non-hydrogen) atoms. The Kier molecular flexibility index (Phi) is 52.9. The zero-order valence-corrected chi connectivity index (χ0v) is 44.3. The standard InChI is InChI=1S/C62H104O6/c1-4-7-10-13-16-19-22-25-27-29-31-33-35-37-40-43-46-49-52-55-61(64)67-58-59(57-66-60(63)54-51-48-45-42-39-24-21-18-15-12-9-6-3)68-62(65)56-53-50-47-44-41-38-36-34-32-30-28-26-23-20-17-14-11-8-5-2/h7-12,16-21,25-28,59H,4-6,13-15,22-24,29-58H2,1-3H3/b10-7-,11-8-,12-9-,19-16-,20-17-,21-18-,27-25-,28-26-. The number of ether oxygens (including phenoxy) is 3. The Morgan fingerprint density at radius 3 is 0.824 bits per heavy atom. The highest BCUT2D eigenvalue weighted by Gasteiger charge is 2.19. The van der Waals surface area contributed by atoms with E-state index in [9.17, 15) is 14.4 Å². The molecule has 0 aliphatic heterocycles. The molecule has 0 spiro atoms. The Balaban J connectivity index is 4.37. The SMILES string of the molecule is CC/C=C\C/C=C\C/C=C\CCCCCCCCCCCC(=O)OCC(COC(=O)CCCCCCC/C=C\C/C=C\CC)OC(=O)CCCCCCCCCCC/C=C\C/C=C\C/C=C\CC. The fourth-order valence-corrected chi connectivity index (χ4v) is 7.69. The van der Waals surface area contributed by atoms with Crippen LogP contribution in [0, 0.1) is 0 Å². The molecule has 388 valence electrons. The van der Waals surface area contributed by atoms with Gasteiger partial charge < -0.3 is 14.2 Å². The van der Waals surface area contributed by atoms with Crippen LogP contribution in [-0.2, 0) is 28.6 Å². The molecule has 0 heterocycles. The van der Waals surface area contributed by atoms with Crippen molar-refractivity contribution in [2.24, 2.45) is 0 Å². The van der Waals surface area contributed by atoms with Crippen LogP contribution in [0.5, 0.6) is 0 Å². The quantitative estimate of drug-likeness (QED) is 0.0262. The maximum Gasteiger partial charge on any atom is 0.306 e. The summed E-state index contributed by atoms with van der Waals surface area (Å²) in [5.41, 5.74) is 0. The van der Waals surface area contributed by atoms with E-state index in [-0.39, 0.29) is 31.1 Å². The van der Waals surface area contributed by atoms with Crippen LogP contribution in [0.1, 0.15) is 258 Å². The van der Waals surface area contributed by atoms with Crippen LogP contribution in [0.3, 0.4) is 0 Å². The molecule has 1 atom stereocenters. The largest absolute Gasteiger partial charge is 0.462 e. The molecule has 0 aromatic rings. The minimum absolute atomic E-state index is 0.0875. The predicted octanol–water partition coefficient (Wildman–Crippen LogP) is 18.9. The summed E-state index contributed by atoms with van der Waals surface area (Å²) < 4.78 is 16.8. The number of rotatable bonds is 50. The molecular formula is C62H104O6. The van der Waals surface area contributed by atoms with E-state index in [0.29, 0.717) is 19.3 Å². The number of carbonyl (C=O) groups is 3. The molecule has 0 aliphatic carbocycles. The maximum absolute atomic E-state index is 12.9. The second-order valence-corrected chi connectivity index (χ2v) is 18.4. The first kappa shape index (κ1) is 64.3. The van der Waals surface area contributed by atoms with E-state index in [1.54, 1.807) is 0 Å². The van der Waals surface area contributed by atoms with Gasteiger partial charge in [0.05, 0.1) is 0 Å². The van der Waals surface area contributed by atoms with Crippen molar-refractivity contribution in [2.75, 3.05) is 13.2 Å². The van der Waals surface area contributed by atoms with E-state index in [1.807, 2.05) is 0 Å². The van der Waals surface area contributed by atoms with E-state index in [1.165, 1.54) is 89.9 Å². The monoisotopic (exact) mass is 945 g/mol. The minimum Gasteiger partial charge on any atom is -0.462 e. The van der Waals surface area contributed by atoms with Crippen molar-refractivity contribution in [1.82, 2.24) is 0 Å². The fourth-order valence-electron chi connectivity index (χ4n) is 7.69. The molecule has 0 N–H and O–H groups in total. The van der Waals surface area contributed by atoms with Gasteiger partial charge in [-0.15, -0.1) is 0 Å². The molecule has 0 saturated carbocycles. The Hall–Kier alpha value is -3.67. The smallest absolute Gasteiger partial charge is 0.306 e. The Labute approximate surface area is 419 Å². The van der Waals surface area contributed by atoms with E-state index in [0.717, 1.165) is 128 Å². The van der Waals surface area contributed by atoms with Gasteiger partial charge in [-0.3, -0.25) is 14.4 Å². The van der Waals surface area contributed by atoms with Crippen LogP contribution in [0.15, 0.2) is 97.2 Å². The lowest BCUT2D eigenvalue weighted by Gasteiger charge is -2.18. The molecule has 0 rings (SSSR count). The van der Waals surface area contributed by atoms with E-state index >= 15 is 0 Å². The van der Waals surface area contributed by atoms with Gasteiger partial charge in [0.2, 0.25) is 0 Å². The first-order chi connectivity index (χ1) is 33.5. The number of hydrogen-bond acceptors (Lipinski definition) is 6. The predicted molar refractivity (Wildman–Crippen MR) is 293 cm³/mol. The first-order valence-electron chi connectivity index (χ1n) is 28.2. The number of esters is 3. The third-order valence-corrected chi connectivity index (χ3v) is 11.8. The lowest BCUT2D eigenvalue weighted by molar-refractivity contribution is -0.167. The normalized spacial score (nSPS) is 12.8. The second-order valence-electron chi connectivity index (χ2n) is 18.4. The van der Waals surface area contributed by atoms with Gasteiger partial charge in [0, 0.05) is 19.3 Å². The topological polar surface area (TPSA) is 78.9 Å². The number of hydrogen-bond donors (Lipinski definition) is 0. The van der Waals surface area contributed by atoms with Gasteiger partial charge in [-0.1, -0.05) is 227 Å². The summed E-state index contributed by atoms with van der Waals surface area (Å²) in [6, 6.07) is 0. The number of unbranched alkanes of at least 4 members (excludes halogenated alkanes) is 23. The van der Waals surface area contributed by atoms with Crippen LogP contribution in [0.4, 0.5) is 0 Å². The molecule has 0 saturated heterocycles. The highest BCUT2D eigenvalue weighted by molar-refractivity contribution is 5.71. The summed E-state index contributed by atoms with van der Waals surface area (Å²) >= 11 is 0. The van der Waals surface area contributed by atoms with Gasteiger partial charge in [0.1, 0.15) is 13.2 Å². The molecule has 0 radical (unpaired) electrons. The summed E-state index contributed by atoms with van der Waals surface area (Å²) in [5, 5.41) is 0. The summed E-state index contributed by atoms with van der Waals surface area (Å²) in [5.74, 6) is -0.911. The molecule has 6 heteroatoms. The van der Waals surface area contributed by atoms with Gasteiger partial charge in [-0.25, -0.2) is 0 Å². The van der Waals surface area contributed by atoms with Gasteiger partial charge in [0.15, 0.2) is 6.10 Å². The molecule has 0 aromatic heterocycles. The van der Waals surface area contributed by atoms with Crippen molar-refractivity contribution in [3.05, 3.63) is 97.2 Å². The highest BCUT2D eigenvalue weighted by atomic mass is 16.6. The van der Waals surface area contributed by atoms with Crippen LogP contribution in [0.2, 0.25) is 0 Å². The van der Waals surface area contributed by atoms with Crippen molar-refractivity contribution >= 4 is 17.9 Å². The summed E-state index contributed by atoms with van der Waals surface area (Å²) in [7, 11) is 0. The van der Waals surface area contributed by atoms with Crippen molar-refractivity contribution < 1.29 is 28.6 Å². The maximum atomic E-state index is 12.9. The molecule has 0 aliphatic rings. The van der Waals surface area contributed by atoms with Crippen molar-refractivity contribution in [3.63, 3.8) is 0 Å². The van der Waals surface area contributed by atoms with Crippen LogP contribution in [0.25, 0.3) is 0 Å². The molecule has 0 fully saturated rings. The Morgan fingerprint density at radius 1 is 0.294 bits per heavy atom. The summed E-state index contributed by atoms with van der Waals surface area (Å²) in [6.07, 6.45) is 74.0. The zero-order valence-electron chi connectivity index (χ0n) is 44.3. The highest BCUT2D eigenvalue weighted by Crippen LogP contribution is 2.15. The van der Waals surface area contributed by atoms with Crippen molar-refractivity contribution in [1.29, 1.82) is 0 Å². The Morgan fingerprint density at radius 2 is 0.529 bits per heavy atom. The Bertz CT molecular complexity index is 1360. The molecule has 0 amide bonds. The van der Waals surface area contributed by atoms with Gasteiger partial charge >= 0.3 is 17.9 Å². The second kappa shape index (κ2) is 55.9. The van der Waals surface area contributed by atoms with Crippen LogP contribution >= 0.6 is 0 Å². The fraction of sp³-hybridized carbons (Fsp3) is 0.694. The van der Waals surface area contributed by atoms with E-state index in [2.05, 4.69) is 118 Å². The molecule has 0 aromatic carbocycles. The van der Waals surface area contributed by atoms with Crippen molar-refractivity contribution in [2.45, 2.75) is 264 Å². The van der Waals surface area contributed by atoms with Gasteiger partial charge in [0.25, 0.3) is 0 Å². The van der Waals surface area contributed by atoms with E-state index < -0.39 is 6.10 Å². The van der Waals surface area contributed by atoms with Gasteiger partial charge in [-0.2, -0.15) is 0 Å². The molecule has 6 nitrogen and oxygen atoms in total. The molecular weight excluding hydrogens is 841 g/mol. The third kappa shape index (κ3) is 53.3. The molecule has 0 bridgehead atoms. The number of allylic oxidation sites excluding steroid dienone is 16. The van der Waals surface area contributed by atoms with E-state index in [4.69, 9.17) is 14.2 Å². The van der Waals surface area contributed by atoms with Crippen molar-refractivity contribution in [3.8, 4) is 0 Å². The first-order valence-corrected chi connectivity index (χ1v) is 28.2. The average Bonchev–Trinajstić information content (AvgIpc) is 3.34. The third-order valence-electron chi connectivity index (χ3n) is 11.8. The molecule has 1 unspecified atom stereocenters. The van der Waals surface area contributed by atoms with Crippen LogP contribution in [-0.4, -0.2) is 37.2 Å². The minimum atomic E-state index is -0.789. The van der Waals surface area contributed by atoms with Gasteiger partial charge in [-0.05, 0) is 109 Å². The lowest BCUT2D eigenvalue weighted by atomic mass is 10.1.